The highest BCUT2D eigenvalue weighted by Crippen LogP contribution is 2.36. The summed E-state index contributed by atoms with van der Waals surface area (Å²) in [5.41, 5.74) is -0.307. The van der Waals surface area contributed by atoms with E-state index >= 15 is 0 Å². The van der Waals surface area contributed by atoms with Crippen LogP contribution in [-0.4, -0.2) is 12.3 Å². The highest BCUT2D eigenvalue weighted by molar-refractivity contribution is 5.32. The predicted molar refractivity (Wildman–Crippen MR) is 51.2 cm³/mol. The van der Waals surface area contributed by atoms with E-state index in [0.29, 0.717) is 0 Å². The van der Waals surface area contributed by atoms with Crippen molar-refractivity contribution >= 4 is 0 Å². The van der Waals surface area contributed by atoms with E-state index in [1.165, 1.54) is 0 Å². The molecule has 0 saturated heterocycles. The SMILES string of the molecule is CC(C)(C)CC1=CC(F)C(F)=C(F)C1F. The third-order valence-corrected chi connectivity index (χ3v) is 2.11. The van der Waals surface area contributed by atoms with Gasteiger partial charge in [-0.25, -0.2) is 17.6 Å². The molecule has 4 heteroatoms. The van der Waals surface area contributed by atoms with E-state index in [-0.39, 0.29) is 17.4 Å². The average Bonchev–Trinajstić information content (AvgIpc) is 2.08. The molecule has 0 fully saturated rings. The summed E-state index contributed by atoms with van der Waals surface area (Å²) in [5.74, 6) is -3.26. The highest BCUT2D eigenvalue weighted by atomic mass is 19.2. The molecule has 2 atom stereocenters. The Morgan fingerprint density at radius 3 is 2.13 bits per heavy atom. The third kappa shape index (κ3) is 2.83. The molecule has 86 valence electrons. The molecule has 0 saturated carbocycles. The Morgan fingerprint density at radius 2 is 1.67 bits per heavy atom. The first kappa shape index (κ1) is 12.3. The maximum atomic E-state index is 13.3. The van der Waals surface area contributed by atoms with Crippen LogP contribution in [0.4, 0.5) is 17.6 Å². The molecule has 0 amide bonds. The van der Waals surface area contributed by atoms with E-state index in [4.69, 9.17) is 0 Å². The van der Waals surface area contributed by atoms with Crippen LogP contribution >= 0.6 is 0 Å². The van der Waals surface area contributed by atoms with Gasteiger partial charge in [-0.1, -0.05) is 20.8 Å². The van der Waals surface area contributed by atoms with E-state index in [1.54, 1.807) is 0 Å². The number of hydrogen-bond acceptors (Lipinski definition) is 0. The first-order chi connectivity index (χ1) is 6.72. The largest absolute Gasteiger partial charge is 0.235 e. The van der Waals surface area contributed by atoms with Gasteiger partial charge in [-0.15, -0.1) is 0 Å². The van der Waals surface area contributed by atoms with Crippen LogP contribution in [0, 0.1) is 5.41 Å². The number of alkyl halides is 2. The molecule has 0 aromatic rings. The molecule has 0 aromatic carbocycles. The maximum absolute atomic E-state index is 13.3. The Bertz CT molecular complexity index is 309. The Kier molecular flexibility index (Phi) is 3.26. The molecule has 2 unspecified atom stereocenters. The number of hydrogen-bond donors (Lipinski definition) is 0. The zero-order valence-electron chi connectivity index (χ0n) is 8.95. The Hall–Kier alpha value is -0.800. The Balaban J connectivity index is 2.90. The van der Waals surface area contributed by atoms with Crippen LogP contribution in [0.3, 0.4) is 0 Å². The molecule has 0 N–H and O–H groups in total. The second-order valence-corrected chi connectivity index (χ2v) is 4.94. The zero-order valence-corrected chi connectivity index (χ0v) is 8.95. The first-order valence-corrected chi connectivity index (χ1v) is 4.76. The topological polar surface area (TPSA) is 0 Å². The molecule has 0 heterocycles. The van der Waals surface area contributed by atoms with Gasteiger partial charge >= 0.3 is 0 Å². The molecule has 1 aliphatic rings. The molecule has 0 nitrogen and oxygen atoms in total. The molecule has 0 radical (unpaired) electrons. The van der Waals surface area contributed by atoms with Crippen LogP contribution in [0.25, 0.3) is 0 Å². The molecule has 15 heavy (non-hydrogen) atoms. The van der Waals surface area contributed by atoms with Crippen LogP contribution in [0.2, 0.25) is 0 Å². The van der Waals surface area contributed by atoms with E-state index < -0.39 is 24.0 Å². The zero-order chi connectivity index (χ0) is 11.8. The van der Waals surface area contributed by atoms with Crippen LogP contribution < -0.4 is 0 Å². The second kappa shape index (κ2) is 3.99. The summed E-state index contributed by atoms with van der Waals surface area (Å²) in [6, 6.07) is 0. The van der Waals surface area contributed by atoms with E-state index in [1.807, 2.05) is 20.8 Å². The fourth-order valence-corrected chi connectivity index (χ4v) is 1.52. The van der Waals surface area contributed by atoms with Gasteiger partial charge in [0.15, 0.2) is 24.0 Å². The lowest BCUT2D eigenvalue weighted by Crippen LogP contribution is -2.21. The van der Waals surface area contributed by atoms with Gasteiger partial charge in [-0.2, -0.15) is 0 Å². The lowest BCUT2D eigenvalue weighted by molar-refractivity contribution is 0.272. The lowest BCUT2D eigenvalue weighted by Gasteiger charge is -2.25. The summed E-state index contributed by atoms with van der Waals surface area (Å²) in [6.45, 7) is 5.46. The van der Waals surface area contributed by atoms with Gasteiger partial charge in [-0.05, 0) is 23.5 Å². The summed E-state index contributed by atoms with van der Waals surface area (Å²) in [6.07, 6.45) is -3.24. The van der Waals surface area contributed by atoms with Crippen molar-refractivity contribution in [3.05, 3.63) is 23.3 Å². The summed E-state index contributed by atoms with van der Waals surface area (Å²) in [4.78, 5) is 0. The van der Waals surface area contributed by atoms with Crippen molar-refractivity contribution in [1.29, 1.82) is 0 Å². The van der Waals surface area contributed by atoms with Gasteiger partial charge in [0.05, 0.1) is 0 Å². The van der Waals surface area contributed by atoms with Crippen molar-refractivity contribution < 1.29 is 17.6 Å². The summed E-state index contributed by atoms with van der Waals surface area (Å²) in [5, 5.41) is 0. The van der Waals surface area contributed by atoms with Gasteiger partial charge in [-0.3, -0.25) is 0 Å². The highest BCUT2D eigenvalue weighted by Gasteiger charge is 2.33. The molecule has 0 spiro atoms. The molecule has 1 aliphatic carbocycles. The average molecular weight is 222 g/mol. The van der Waals surface area contributed by atoms with Crippen LogP contribution in [0.15, 0.2) is 23.3 Å². The fraction of sp³-hybridized carbons (Fsp3) is 0.636. The van der Waals surface area contributed by atoms with E-state index in [0.717, 1.165) is 6.08 Å². The molecular weight excluding hydrogens is 208 g/mol. The standard InChI is InChI=1S/C11H14F4/c1-11(2,3)5-6-4-7(12)9(14)10(15)8(6)13/h4,7-8H,5H2,1-3H3. The smallest absolute Gasteiger partial charge is 0.175 e. The van der Waals surface area contributed by atoms with Crippen LogP contribution in [0.5, 0.6) is 0 Å². The normalized spacial score (nSPS) is 28.1. The third-order valence-electron chi connectivity index (χ3n) is 2.11. The van der Waals surface area contributed by atoms with Crippen molar-refractivity contribution in [2.45, 2.75) is 39.5 Å². The maximum Gasteiger partial charge on any atom is 0.175 e. The Morgan fingerprint density at radius 1 is 1.13 bits per heavy atom. The van der Waals surface area contributed by atoms with Gasteiger partial charge in [0.1, 0.15) is 0 Å². The van der Waals surface area contributed by atoms with Crippen molar-refractivity contribution in [1.82, 2.24) is 0 Å². The summed E-state index contributed by atoms with van der Waals surface area (Å²) >= 11 is 0. The quantitative estimate of drug-likeness (QED) is 0.461. The minimum absolute atomic E-state index is 0.0195. The summed E-state index contributed by atoms with van der Waals surface area (Å²) in [7, 11) is 0. The summed E-state index contributed by atoms with van der Waals surface area (Å²) < 4.78 is 51.8. The van der Waals surface area contributed by atoms with Crippen molar-refractivity contribution in [3.8, 4) is 0 Å². The molecule has 0 aromatic heterocycles. The van der Waals surface area contributed by atoms with Crippen molar-refractivity contribution in [2.75, 3.05) is 0 Å². The molecule has 1 rings (SSSR count). The van der Waals surface area contributed by atoms with Crippen molar-refractivity contribution in [2.24, 2.45) is 5.41 Å². The first-order valence-electron chi connectivity index (χ1n) is 4.76. The van der Waals surface area contributed by atoms with Gasteiger partial charge in [0, 0.05) is 0 Å². The van der Waals surface area contributed by atoms with E-state index in [2.05, 4.69) is 0 Å². The molecule has 0 aliphatic heterocycles. The number of rotatable bonds is 1. The number of allylic oxidation sites excluding steroid dienone is 4. The van der Waals surface area contributed by atoms with Crippen LogP contribution in [0.1, 0.15) is 27.2 Å². The predicted octanol–water partition coefficient (Wildman–Crippen LogP) is 4.19. The van der Waals surface area contributed by atoms with Crippen LogP contribution in [-0.2, 0) is 0 Å². The molecular formula is C11H14F4. The minimum atomic E-state index is -2.14. The number of halogens is 4. The monoisotopic (exact) mass is 222 g/mol. The fourth-order valence-electron chi connectivity index (χ4n) is 1.52. The van der Waals surface area contributed by atoms with Gasteiger partial charge in [0.25, 0.3) is 0 Å². The Labute approximate surface area is 86.7 Å². The second-order valence-electron chi connectivity index (χ2n) is 4.94. The minimum Gasteiger partial charge on any atom is -0.235 e. The van der Waals surface area contributed by atoms with Gasteiger partial charge in [0.2, 0.25) is 0 Å². The van der Waals surface area contributed by atoms with Crippen molar-refractivity contribution in [3.63, 3.8) is 0 Å². The van der Waals surface area contributed by atoms with Gasteiger partial charge < -0.3 is 0 Å². The van der Waals surface area contributed by atoms with E-state index in [9.17, 15) is 17.6 Å². The molecule has 0 bridgehead atoms. The lowest BCUT2D eigenvalue weighted by atomic mass is 9.84.